The van der Waals surface area contributed by atoms with Crippen LogP contribution < -0.4 is 0 Å². The van der Waals surface area contributed by atoms with Crippen molar-refractivity contribution >= 4 is 19.7 Å². The van der Waals surface area contributed by atoms with Gasteiger partial charge >= 0.3 is 0 Å². The number of nitrogens with zero attached hydrogens (tertiary/aromatic N) is 2. The lowest BCUT2D eigenvalue weighted by Crippen LogP contribution is -2.40. The van der Waals surface area contributed by atoms with E-state index in [1.165, 1.54) is 19.1 Å². The Morgan fingerprint density at radius 1 is 1.09 bits per heavy atom. The lowest BCUT2D eigenvalue weighted by Gasteiger charge is -2.36. The van der Waals surface area contributed by atoms with Gasteiger partial charge in [-0.15, -0.1) is 0 Å². The Morgan fingerprint density at radius 2 is 1.50 bits per heavy atom. The molecule has 0 N–H and O–H groups in total. The molecule has 0 spiro atoms. The van der Waals surface area contributed by atoms with Crippen LogP contribution in [0.25, 0.3) is 0 Å². The third kappa shape index (κ3) is 3.89. The molecule has 0 saturated heterocycles. The number of nitro benzene ring substituents is 2. The highest BCUT2D eigenvalue weighted by Crippen LogP contribution is 2.37. The molecule has 0 aliphatic rings. The lowest BCUT2D eigenvalue weighted by atomic mass is 10.1. The fraction of sp³-hybridized carbons (Fsp3) is 0.571. The first-order valence-corrected chi connectivity index (χ1v) is 9.84. The summed E-state index contributed by atoms with van der Waals surface area (Å²) in [6.07, 6.45) is 0. The van der Waals surface area contributed by atoms with Gasteiger partial charge < -0.3 is 4.43 Å². The summed E-state index contributed by atoms with van der Waals surface area (Å²) in [6, 6.07) is 2.71. The molecular formula is C14H22N2O5Si. The zero-order valence-corrected chi connectivity index (χ0v) is 14.8. The van der Waals surface area contributed by atoms with Gasteiger partial charge in [-0.3, -0.25) is 20.2 Å². The van der Waals surface area contributed by atoms with Crippen molar-refractivity contribution in [3.05, 3.63) is 43.5 Å². The van der Waals surface area contributed by atoms with Crippen LogP contribution in [-0.2, 0) is 11.0 Å². The van der Waals surface area contributed by atoms with E-state index in [2.05, 4.69) is 33.9 Å². The smallest absolute Gasteiger partial charge is 0.279 e. The molecule has 122 valence electrons. The van der Waals surface area contributed by atoms with E-state index in [1.807, 2.05) is 0 Å². The molecule has 0 saturated carbocycles. The molecular weight excluding hydrogens is 304 g/mol. The standard InChI is InChI=1S/C14H22N2O5Si/c1-10-12(15(17)18)7-11(8-13(10)16(19)20)9-21-22(5,6)14(2,3)4/h7-8H,9H2,1-6H3. The van der Waals surface area contributed by atoms with E-state index in [4.69, 9.17) is 4.43 Å². The molecule has 0 radical (unpaired) electrons. The van der Waals surface area contributed by atoms with E-state index >= 15 is 0 Å². The van der Waals surface area contributed by atoms with Gasteiger partial charge in [-0.1, -0.05) is 20.8 Å². The predicted molar refractivity (Wildman–Crippen MR) is 86.5 cm³/mol. The fourth-order valence-electron chi connectivity index (χ4n) is 1.68. The van der Waals surface area contributed by atoms with Crippen LogP contribution in [0.3, 0.4) is 0 Å². The van der Waals surface area contributed by atoms with Crippen LogP contribution in [-0.4, -0.2) is 18.2 Å². The Kier molecular flexibility index (Phi) is 5.09. The van der Waals surface area contributed by atoms with E-state index < -0.39 is 18.2 Å². The molecule has 8 heteroatoms. The van der Waals surface area contributed by atoms with Crippen molar-refractivity contribution in [1.82, 2.24) is 0 Å². The van der Waals surface area contributed by atoms with Gasteiger partial charge in [-0.05, 0) is 30.6 Å². The van der Waals surface area contributed by atoms with E-state index in [1.54, 1.807) is 0 Å². The van der Waals surface area contributed by atoms with Crippen LogP contribution in [0.2, 0.25) is 18.1 Å². The van der Waals surface area contributed by atoms with Crippen LogP contribution in [0.1, 0.15) is 31.9 Å². The Hall–Kier alpha value is -1.80. The summed E-state index contributed by atoms with van der Waals surface area (Å²) < 4.78 is 5.98. The number of hydrogen-bond donors (Lipinski definition) is 0. The number of hydrogen-bond acceptors (Lipinski definition) is 5. The van der Waals surface area contributed by atoms with Crippen molar-refractivity contribution < 1.29 is 14.3 Å². The van der Waals surface area contributed by atoms with Gasteiger partial charge in [-0.2, -0.15) is 0 Å². The number of nitro groups is 2. The van der Waals surface area contributed by atoms with Crippen molar-refractivity contribution in [3.63, 3.8) is 0 Å². The molecule has 0 amide bonds. The molecule has 0 bridgehead atoms. The summed E-state index contributed by atoms with van der Waals surface area (Å²) in [5.41, 5.74) is 0.0194. The van der Waals surface area contributed by atoms with Gasteiger partial charge in [0, 0.05) is 12.1 Å². The van der Waals surface area contributed by atoms with Crippen molar-refractivity contribution in [1.29, 1.82) is 0 Å². The van der Waals surface area contributed by atoms with Gasteiger partial charge in [0.1, 0.15) is 5.56 Å². The van der Waals surface area contributed by atoms with Gasteiger partial charge in [0.25, 0.3) is 11.4 Å². The maximum atomic E-state index is 11.1. The van der Waals surface area contributed by atoms with Gasteiger partial charge in [0.05, 0.1) is 16.5 Å². The molecule has 0 aliphatic carbocycles. The normalized spacial score (nSPS) is 12.3. The van der Waals surface area contributed by atoms with Crippen LogP contribution in [0, 0.1) is 27.2 Å². The highest BCUT2D eigenvalue weighted by Gasteiger charge is 2.37. The van der Waals surface area contributed by atoms with Crippen molar-refractivity contribution in [2.45, 2.75) is 52.4 Å². The average Bonchev–Trinajstić information content (AvgIpc) is 2.35. The first-order chi connectivity index (χ1) is 9.86. The van der Waals surface area contributed by atoms with E-state index in [-0.39, 0.29) is 28.6 Å². The molecule has 22 heavy (non-hydrogen) atoms. The number of rotatable bonds is 5. The minimum absolute atomic E-state index is 0.00440. The minimum atomic E-state index is -2.03. The molecule has 0 aliphatic heterocycles. The monoisotopic (exact) mass is 326 g/mol. The minimum Gasteiger partial charge on any atom is -0.413 e. The molecule has 0 unspecified atom stereocenters. The number of benzene rings is 1. The molecule has 0 aromatic heterocycles. The largest absolute Gasteiger partial charge is 0.413 e. The summed E-state index contributed by atoms with van der Waals surface area (Å²) in [5.74, 6) is 0. The van der Waals surface area contributed by atoms with Gasteiger partial charge in [0.2, 0.25) is 0 Å². The highest BCUT2D eigenvalue weighted by atomic mass is 28.4. The lowest BCUT2D eigenvalue weighted by molar-refractivity contribution is -0.395. The summed E-state index contributed by atoms with van der Waals surface area (Å²) in [7, 11) is -2.03. The average molecular weight is 326 g/mol. The second kappa shape index (κ2) is 6.13. The summed E-state index contributed by atoms with van der Waals surface area (Å²) in [4.78, 5) is 20.9. The molecule has 0 atom stereocenters. The molecule has 0 fully saturated rings. The second-order valence-corrected chi connectivity index (χ2v) is 11.6. The molecule has 0 heterocycles. The summed E-state index contributed by atoms with van der Waals surface area (Å²) in [5, 5.41) is 22.1. The van der Waals surface area contributed by atoms with Crippen LogP contribution >= 0.6 is 0 Å². The topological polar surface area (TPSA) is 95.5 Å². The molecule has 1 aromatic rings. The van der Waals surface area contributed by atoms with Gasteiger partial charge in [0.15, 0.2) is 8.32 Å². The zero-order valence-electron chi connectivity index (χ0n) is 13.8. The van der Waals surface area contributed by atoms with Crippen molar-refractivity contribution in [2.75, 3.05) is 0 Å². The maximum absolute atomic E-state index is 11.1. The zero-order chi connectivity index (χ0) is 17.3. The third-order valence-electron chi connectivity index (χ3n) is 4.21. The maximum Gasteiger partial charge on any atom is 0.279 e. The Balaban J connectivity index is 3.16. The SMILES string of the molecule is Cc1c([N+](=O)[O-])cc(CO[Si](C)(C)C(C)(C)C)cc1[N+](=O)[O-]. The Morgan fingerprint density at radius 3 is 1.82 bits per heavy atom. The summed E-state index contributed by atoms with van der Waals surface area (Å²) >= 11 is 0. The van der Waals surface area contributed by atoms with E-state index in [0.29, 0.717) is 5.56 Å². The molecule has 7 nitrogen and oxygen atoms in total. The highest BCUT2D eigenvalue weighted by molar-refractivity contribution is 6.74. The molecule has 1 aromatic carbocycles. The summed E-state index contributed by atoms with van der Waals surface area (Å²) in [6.45, 7) is 11.9. The van der Waals surface area contributed by atoms with Crippen LogP contribution in [0.5, 0.6) is 0 Å². The Bertz CT molecular complexity index is 573. The van der Waals surface area contributed by atoms with Crippen molar-refractivity contribution in [3.8, 4) is 0 Å². The quantitative estimate of drug-likeness (QED) is 0.456. The first-order valence-electron chi connectivity index (χ1n) is 6.93. The van der Waals surface area contributed by atoms with E-state index in [0.717, 1.165) is 0 Å². The van der Waals surface area contributed by atoms with Gasteiger partial charge in [-0.25, -0.2) is 0 Å². The van der Waals surface area contributed by atoms with Crippen LogP contribution in [0.4, 0.5) is 11.4 Å². The predicted octanol–water partition coefficient (Wildman–Crippen LogP) is 4.33. The second-order valence-electron chi connectivity index (χ2n) is 6.82. The van der Waals surface area contributed by atoms with Crippen molar-refractivity contribution in [2.24, 2.45) is 0 Å². The van der Waals surface area contributed by atoms with E-state index in [9.17, 15) is 20.2 Å². The Labute approximate surface area is 130 Å². The first kappa shape index (κ1) is 18.2. The third-order valence-corrected chi connectivity index (χ3v) is 8.69. The molecule has 1 rings (SSSR count). The van der Waals surface area contributed by atoms with Crippen LogP contribution in [0.15, 0.2) is 12.1 Å². The fourth-order valence-corrected chi connectivity index (χ4v) is 2.64.